The van der Waals surface area contributed by atoms with Crippen LogP contribution in [0.2, 0.25) is 5.15 Å². The summed E-state index contributed by atoms with van der Waals surface area (Å²) in [6, 6.07) is 1.90. The number of hydrogen-bond donors (Lipinski definition) is 1. The molecule has 1 N–H and O–H groups in total. The van der Waals surface area contributed by atoms with Crippen LogP contribution in [0.25, 0.3) is 0 Å². The molecule has 0 spiro atoms. The van der Waals surface area contributed by atoms with E-state index in [0.717, 1.165) is 47.4 Å². The Labute approximate surface area is 172 Å². The van der Waals surface area contributed by atoms with Crippen LogP contribution in [0.3, 0.4) is 0 Å². The van der Waals surface area contributed by atoms with Gasteiger partial charge in [-0.25, -0.2) is 9.98 Å². The average Bonchev–Trinajstić information content (AvgIpc) is 3.40. The number of allylic oxidation sites excluding steroid dienone is 1. The van der Waals surface area contributed by atoms with Gasteiger partial charge in [-0.1, -0.05) is 24.1 Å². The Kier molecular flexibility index (Phi) is 5.94. The van der Waals surface area contributed by atoms with Gasteiger partial charge < -0.3 is 10.2 Å². The Morgan fingerprint density at radius 2 is 2.11 bits per heavy atom. The lowest BCUT2D eigenvalue weighted by atomic mass is 9.95. The second-order valence-corrected chi connectivity index (χ2v) is 8.54. The minimum absolute atomic E-state index is 0.0429. The summed E-state index contributed by atoms with van der Waals surface area (Å²) in [6.45, 7) is 13.2. The molecule has 28 heavy (non-hydrogen) atoms. The number of fused-ring (bicyclic) bond motifs is 1. The SMILES string of the molecule is C=N/C(NC1(C)CC1)=C(\CC)C(C(=O)N1CCc2cc(Cl)ncc2C1)=C(C)C. The molecule has 1 aliphatic heterocycles. The molecule has 150 valence electrons. The lowest BCUT2D eigenvalue weighted by Gasteiger charge is -2.31. The van der Waals surface area contributed by atoms with E-state index in [4.69, 9.17) is 11.6 Å². The maximum atomic E-state index is 13.5. The molecule has 1 saturated carbocycles. The molecule has 1 aromatic rings. The fourth-order valence-electron chi connectivity index (χ4n) is 3.66. The first-order valence-electron chi connectivity index (χ1n) is 9.86. The van der Waals surface area contributed by atoms with Gasteiger partial charge in [-0.05, 0) is 70.4 Å². The monoisotopic (exact) mass is 400 g/mol. The third kappa shape index (κ3) is 4.30. The van der Waals surface area contributed by atoms with E-state index in [2.05, 4.69) is 35.9 Å². The van der Waals surface area contributed by atoms with Crippen LogP contribution < -0.4 is 5.32 Å². The van der Waals surface area contributed by atoms with E-state index in [9.17, 15) is 4.79 Å². The van der Waals surface area contributed by atoms with Crippen LogP contribution in [0, 0.1) is 0 Å². The Morgan fingerprint density at radius 3 is 2.68 bits per heavy atom. The van der Waals surface area contributed by atoms with Crippen molar-refractivity contribution in [3.8, 4) is 0 Å². The van der Waals surface area contributed by atoms with Gasteiger partial charge in [-0.15, -0.1) is 0 Å². The number of rotatable bonds is 6. The first kappa shape index (κ1) is 20.6. The molecule has 1 aromatic heterocycles. The number of halogens is 1. The van der Waals surface area contributed by atoms with E-state index in [1.54, 1.807) is 6.20 Å². The summed E-state index contributed by atoms with van der Waals surface area (Å²) in [5.41, 5.74) is 4.98. The van der Waals surface area contributed by atoms with Crippen molar-refractivity contribution in [3.05, 3.63) is 51.1 Å². The number of aromatic nitrogens is 1. The molecular weight excluding hydrogens is 372 g/mol. The van der Waals surface area contributed by atoms with Gasteiger partial charge in [0.1, 0.15) is 11.0 Å². The molecule has 5 nitrogen and oxygen atoms in total. The van der Waals surface area contributed by atoms with E-state index in [-0.39, 0.29) is 11.4 Å². The predicted octanol–water partition coefficient (Wildman–Crippen LogP) is 4.42. The molecule has 2 aliphatic rings. The molecule has 1 fully saturated rings. The predicted molar refractivity (Wildman–Crippen MR) is 114 cm³/mol. The lowest BCUT2D eigenvalue weighted by molar-refractivity contribution is -0.127. The number of nitrogens with one attached hydrogen (secondary N) is 1. The standard InChI is InChI=1S/C22H29ClN4O/c1-6-17(20(24-5)26-22(4)8-9-22)19(14(2)3)21(28)27-10-7-15-11-18(23)25-12-16(15)13-27/h11-12,26H,5-10,13H2,1-4H3/b20-17-. The number of amides is 1. The summed E-state index contributed by atoms with van der Waals surface area (Å²) in [6.07, 6.45) is 5.50. The molecule has 0 unspecified atom stereocenters. The minimum atomic E-state index is 0.0429. The van der Waals surface area contributed by atoms with E-state index in [1.807, 2.05) is 24.8 Å². The highest BCUT2D eigenvalue weighted by Crippen LogP contribution is 2.37. The average molecular weight is 401 g/mol. The second kappa shape index (κ2) is 8.08. The van der Waals surface area contributed by atoms with Crippen LogP contribution in [-0.2, 0) is 17.8 Å². The summed E-state index contributed by atoms with van der Waals surface area (Å²) in [5, 5.41) is 4.00. The van der Waals surface area contributed by atoms with Crippen molar-refractivity contribution in [2.45, 2.75) is 65.5 Å². The number of carbonyl (C=O) groups excluding carboxylic acids is 1. The van der Waals surface area contributed by atoms with Gasteiger partial charge in [0.05, 0.1) is 0 Å². The van der Waals surface area contributed by atoms with Crippen LogP contribution in [-0.4, -0.2) is 34.6 Å². The fourth-order valence-corrected chi connectivity index (χ4v) is 3.84. The van der Waals surface area contributed by atoms with Gasteiger partial charge in [0.15, 0.2) is 0 Å². The molecule has 6 heteroatoms. The summed E-state index contributed by atoms with van der Waals surface area (Å²) in [4.78, 5) is 23.8. The number of hydrogen-bond acceptors (Lipinski definition) is 4. The fraction of sp³-hybridized carbons (Fsp3) is 0.500. The quantitative estimate of drug-likeness (QED) is 0.333. The zero-order valence-corrected chi connectivity index (χ0v) is 18.0. The molecule has 0 saturated heterocycles. The third-order valence-electron chi connectivity index (χ3n) is 5.58. The Bertz CT molecular complexity index is 863. The van der Waals surface area contributed by atoms with Gasteiger partial charge in [0, 0.05) is 36.0 Å². The molecular formula is C22H29ClN4O. The summed E-state index contributed by atoms with van der Waals surface area (Å²) >= 11 is 6.01. The van der Waals surface area contributed by atoms with Crippen molar-refractivity contribution in [3.63, 3.8) is 0 Å². The molecule has 1 amide bonds. The van der Waals surface area contributed by atoms with Crippen LogP contribution in [0.4, 0.5) is 0 Å². The molecule has 0 radical (unpaired) electrons. The van der Waals surface area contributed by atoms with Crippen LogP contribution >= 0.6 is 11.6 Å². The Balaban J connectivity index is 1.91. The van der Waals surface area contributed by atoms with E-state index < -0.39 is 0 Å². The largest absolute Gasteiger partial charge is 0.365 e. The Morgan fingerprint density at radius 1 is 1.39 bits per heavy atom. The van der Waals surface area contributed by atoms with Gasteiger partial charge in [-0.3, -0.25) is 4.79 Å². The topological polar surface area (TPSA) is 57.6 Å². The maximum absolute atomic E-state index is 13.5. The van der Waals surface area contributed by atoms with Gasteiger partial charge in [0.2, 0.25) is 0 Å². The summed E-state index contributed by atoms with van der Waals surface area (Å²) in [5.74, 6) is 0.777. The highest BCUT2D eigenvalue weighted by molar-refractivity contribution is 6.29. The van der Waals surface area contributed by atoms with Crippen molar-refractivity contribution in [2.24, 2.45) is 4.99 Å². The van der Waals surface area contributed by atoms with Crippen LogP contribution in [0.5, 0.6) is 0 Å². The zero-order valence-electron chi connectivity index (χ0n) is 17.2. The third-order valence-corrected chi connectivity index (χ3v) is 5.79. The van der Waals surface area contributed by atoms with Crippen LogP contribution in [0.1, 0.15) is 58.1 Å². The van der Waals surface area contributed by atoms with Crippen molar-refractivity contribution in [2.75, 3.05) is 6.54 Å². The number of carbonyl (C=O) groups is 1. The maximum Gasteiger partial charge on any atom is 0.254 e. The van der Waals surface area contributed by atoms with Gasteiger partial charge in [-0.2, -0.15) is 0 Å². The molecule has 2 heterocycles. The lowest BCUT2D eigenvalue weighted by Crippen LogP contribution is -2.38. The highest BCUT2D eigenvalue weighted by atomic mass is 35.5. The van der Waals surface area contributed by atoms with Crippen LogP contribution in [0.15, 0.2) is 39.8 Å². The van der Waals surface area contributed by atoms with Crippen molar-refractivity contribution in [1.82, 2.24) is 15.2 Å². The Hall–Kier alpha value is -2.14. The number of aliphatic imine (C=N–C) groups is 1. The molecule has 0 aromatic carbocycles. The highest BCUT2D eigenvalue weighted by Gasteiger charge is 2.38. The van der Waals surface area contributed by atoms with E-state index in [1.165, 1.54) is 5.56 Å². The second-order valence-electron chi connectivity index (χ2n) is 8.15. The summed E-state index contributed by atoms with van der Waals surface area (Å²) in [7, 11) is 0. The summed E-state index contributed by atoms with van der Waals surface area (Å²) < 4.78 is 0. The molecule has 0 bridgehead atoms. The zero-order chi connectivity index (χ0) is 20.5. The van der Waals surface area contributed by atoms with Gasteiger partial charge in [0.25, 0.3) is 5.91 Å². The first-order valence-corrected chi connectivity index (χ1v) is 10.2. The molecule has 3 rings (SSSR count). The number of pyridine rings is 1. The molecule has 1 aliphatic carbocycles. The van der Waals surface area contributed by atoms with E-state index >= 15 is 0 Å². The van der Waals surface area contributed by atoms with Crippen molar-refractivity contribution < 1.29 is 4.79 Å². The smallest absolute Gasteiger partial charge is 0.254 e. The van der Waals surface area contributed by atoms with E-state index in [0.29, 0.717) is 24.7 Å². The first-order chi connectivity index (χ1) is 13.3. The van der Waals surface area contributed by atoms with Crippen molar-refractivity contribution in [1.29, 1.82) is 0 Å². The minimum Gasteiger partial charge on any atom is -0.365 e. The molecule has 0 atom stereocenters. The number of nitrogens with zero attached hydrogens (tertiary/aromatic N) is 3. The van der Waals surface area contributed by atoms with Gasteiger partial charge >= 0.3 is 0 Å². The van der Waals surface area contributed by atoms with Crippen molar-refractivity contribution >= 4 is 24.2 Å². The normalized spacial score (nSPS) is 18.0.